The molecule has 0 spiro atoms. The molecule has 160 valence electrons. The molecule has 4 fully saturated rings. The zero-order valence-corrected chi connectivity index (χ0v) is 21.7. The molecule has 0 amide bonds. The van der Waals surface area contributed by atoms with Crippen molar-refractivity contribution in [2.45, 2.75) is 98.9 Å². The maximum atomic E-state index is 13.7. The Hall–Kier alpha value is 0.214. The van der Waals surface area contributed by atoms with Gasteiger partial charge in [-0.3, -0.25) is 0 Å². The van der Waals surface area contributed by atoms with E-state index in [4.69, 9.17) is 23.2 Å². The average molecular weight is 464 g/mol. The maximum Gasteiger partial charge on any atom is 0.248 e. The van der Waals surface area contributed by atoms with E-state index in [1.54, 1.807) is 0 Å². The highest BCUT2D eigenvalue weighted by atomic mass is 35.5. The minimum atomic E-state index is -1.87. The van der Waals surface area contributed by atoms with Crippen LogP contribution in [0.15, 0.2) is 0 Å². The van der Waals surface area contributed by atoms with Gasteiger partial charge in [0.15, 0.2) is 0 Å². The van der Waals surface area contributed by atoms with E-state index in [0.717, 1.165) is 48.2 Å². The summed E-state index contributed by atoms with van der Waals surface area (Å²) in [5, 5.41) is 27.4. The van der Waals surface area contributed by atoms with Gasteiger partial charge in [0.05, 0.1) is 16.1 Å². The topological polar surface area (TPSA) is 52.1 Å². The SMILES string of the molecule is C[Si](C)(C)[C@]1(Cl)[C@@H]2CC[C@@H](C2)[C@H]1/[N+]([O-])=[N+](/[O-])[C@@H]1[C@H]2CC[C@H](C2)[C@@]1(Cl)[Si](C)(C)C. The molecule has 0 radical (unpaired) electrons. The number of azo groups is 1. The molecule has 8 atom stereocenters. The Kier molecular flexibility index (Phi) is 4.87. The summed E-state index contributed by atoms with van der Waals surface area (Å²) in [5.74, 6) is 1.24. The van der Waals surface area contributed by atoms with Crippen molar-refractivity contribution < 1.29 is 9.72 Å². The second-order valence-corrected chi connectivity index (χ2v) is 24.6. The molecule has 0 saturated heterocycles. The molecule has 4 saturated carbocycles. The largest absolute Gasteiger partial charge is 0.567 e. The fraction of sp³-hybridized carbons (Fsp3) is 1.00. The number of hydrogen-bond donors (Lipinski definition) is 0. The fourth-order valence-corrected chi connectivity index (χ4v) is 13.9. The van der Waals surface area contributed by atoms with Crippen LogP contribution < -0.4 is 0 Å². The van der Waals surface area contributed by atoms with Crippen molar-refractivity contribution in [2.75, 3.05) is 0 Å². The summed E-state index contributed by atoms with van der Waals surface area (Å²) in [4.78, 5) is 1.61. The lowest BCUT2D eigenvalue weighted by Crippen LogP contribution is -2.65. The molecular weight excluding hydrogens is 427 g/mol. The number of halogens is 2. The lowest BCUT2D eigenvalue weighted by atomic mass is 9.93. The van der Waals surface area contributed by atoms with Crippen LogP contribution in [0.1, 0.15) is 38.5 Å². The third kappa shape index (κ3) is 2.59. The molecule has 0 aromatic carbocycles. The minimum absolute atomic E-state index is 0.248. The number of hydroxylamine groups is 2. The Balaban J connectivity index is 1.78. The van der Waals surface area contributed by atoms with Crippen LogP contribution in [0.25, 0.3) is 0 Å². The van der Waals surface area contributed by atoms with E-state index in [1.165, 1.54) is 0 Å². The highest BCUT2D eigenvalue weighted by molar-refractivity contribution is 6.87. The van der Waals surface area contributed by atoms with Crippen molar-refractivity contribution in [1.29, 1.82) is 0 Å². The Labute approximate surface area is 181 Å². The number of nitrogens with zero attached hydrogens (tertiary/aromatic N) is 2. The predicted octanol–water partition coefficient (Wildman–Crippen LogP) is 5.77. The second-order valence-electron chi connectivity index (χ2n) is 12.1. The molecule has 4 bridgehead atoms. The highest BCUT2D eigenvalue weighted by Crippen LogP contribution is 2.61. The molecule has 0 aromatic heterocycles. The van der Waals surface area contributed by atoms with Crippen LogP contribution in [-0.2, 0) is 0 Å². The molecule has 0 N–H and O–H groups in total. The first-order valence-corrected chi connectivity index (χ1v) is 18.8. The Morgan fingerprint density at radius 2 is 1.00 bits per heavy atom. The van der Waals surface area contributed by atoms with Crippen LogP contribution in [-0.4, -0.2) is 46.9 Å². The monoisotopic (exact) mass is 462 g/mol. The summed E-state index contributed by atoms with van der Waals surface area (Å²) < 4.78 is -1.04. The highest BCUT2D eigenvalue weighted by Gasteiger charge is 2.72. The Bertz CT molecular complexity index is 649. The summed E-state index contributed by atoms with van der Waals surface area (Å²) in [7, 11) is -3.74. The average Bonchev–Trinajstić information content (AvgIpc) is 3.31. The molecule has 0 aromatic rings. The van der Waals surface area contributed by atoms with Gasteiger partial charge in [0, 0.05) is 21.6 Å². The zero-order chi connectivity index (χ0) is 20.9. The van der Waals surface area contributed by atoms with Gasteiger partial charge in [0.25, 0.3) is 0 Å². The van der Waals surface area contributed by atoms with Crippen LogP contribution in [0.3, 0.4) is 0 Å². The third-order valence-electron chi connectivity index (χ3n) is 8.86. The van der Waals surface area contributed by atoms with Crippen LogP contribution >= 0.6 is 23.2 Å². The molecule has 4 aliphatic carbocycles. The van der Waals surface area contributed by atoms with Crippen molar-refractivity contribution in [1.82, 2.24) is 0 Å². The molecular formula is C20H36Cl2N2O2Si2. The van der Waals surface area contributed by atoms with Crippen LogP contribution in [0.5, 0.6) is 0 Å². The molecule has 0 unspecified atom stereocenters. The summed E-state index contributed by atoms with van der Waals surface area (Å²) in [6, 6.07) is -0.780. The van der Waals surface area contributed by atoms with Crippen LogP contribution in [0, 0.1) is 34.1 Å². The summed E-state index contributed by atoms with van der Waals surface area (Å²) in [6.45, 7) is 13.5. The van der Waals surface area contributed by atoms with E-state index in [0.29, 0.717) is 11.8 Å². The Morgan fingerprint density at radius 1 is 0.679 bits per heavy atom. The van der Waals surface area contributed by atoms with Crippen LogP contribution in [0.4, 0.5) is 0 Å². The zero-order valence-electron chi connectivity index (χ0n) is 18.2. The second kappa shape index (κ2) is 6.36. The van der Waals surface area contributed by atoms with E-state index in [-0.39, 0.29) is 11.8 Å². The van der Waals surface area contributed by atoms with Gasteiger partial charge >= 0.3 is 0 Å². The summed E-state index contributed by atoms with van der Waals surface area (Å²) >= 11 is 14.7. The van der Waals surface area contributed by atoms with Gasteiger partial charge in [0.2, 0.25) is 12.1 Å². The molecule has 0 aliphatic heterocycles. The summed E-state index contributed by atoms with van der Waals surface area (Å²) in [6.07, 6.45) is 6.26. The van der Waals surface area contributed by atoms with E-state index < -0.39 is 37.2 Å². The molecule has 4 aliphatic rings. The smallest absolute Gasteiger partial charge is 0.248 e. The fourth-order valence-electron chi connectivity index (χ4n) is 7.58. The maximum absolute atomic E-state index is 13.7. The lowest BCUT2D eigenvalue weighted by Gasteiger charge is -2.45. The van der Waals surface area contributed by atoms with Gasteiger partial charge in [-0.2, -0.15) is 0 Å². The number of fused-ring (bicyclic) bond motifs is 4. The number of alkyl halides is 2. The van der Waals surface area contributed by atoms with Crippen molar-refractivity contribution in [3.05, 3.63) is 10.4 Å². The minimum Gasteiger partial charge on any atom is -0.567 e. The van der Waals surface area contributed by atoms with Crippen molar-refractivity contribution in [3.63, 3.8) is 0 Å². The van der Waals surface area contributed by atoms with Gasteiger partial charge in [0.1, 0.15) is 8.99 Å². The van der Waals surface area contributed by atoms with Crippen molar-refractivity contribution in [2.24, 2.45) is 23.7 Å². The molecule has 8 heteroatoms. The first-order chi connectivity index (χ1) is 12.7. The normalized spacial score (nSPS) is 49.0. The van der Waals surface area contributed by atoms with Crippen LogP contribution in [0.2, 0.25) is 39.3 Å². The molecule has 4 nitrogen and oxygen atoms in total. The lowest BCUT2D eigenvalue weighted by molar-refractivity contribution is -1.00. The first kappa shape index (κ1) is 21.4. The van der Waals surface area contributed by atoms with E-state index in [2.05, 4.69) is 39.3 Å². The van der Waals surface area contributed by atoms with E-state index in [1.807, 2.05) is 0 Å². The molecule has 4 rings (SSSR count). The predicted molar refractivity (Wildman–Crippen MR) is 120 cm³/mol. The van der Waals surface area contributed by atoms with Crippen molar-refractivity contribution >= 4 is 39.3 Å². The quantitative estimate of drug-likeness (QED) is 0.175. The number of rotatable bonds is 4. The van der Waals surface area contributed by atoms with Gasteiger partial charge in [-0.15, -0.1) is 23.2 Å². The molecule has 0 heterocycles. The van der Waals surface area contributed by atoms with Gasteiger partial charge < -0.3 is 10.4 Å². The van der Waals surface area contributed by atoms with E-state index in [9.17, 15) is 10.4 Å². The van der Waals surface area contributed by atoms with Crippen molar-refractivity contribution in [3.8, 4) is 0 Å². The molecule has 28 heavy (non-hydrogen) atoms. The third-order valence-corrected chi connectivity index (χ3v) is 19.3. The standard InChI is InChI=1S/C20H36Cl2N2O2Si2/c1-27(2,3)19(21)15-9-7-13(11-15)17(19)23(25)24(26)18-14-8-10-16(12-14)20(18,22)28(4,5)6/h13-18H,7-12H2,1-6H3/b24-23-/t13-,14-,15+,16+,17+,18+,19+,20+/m0/s1. The van der Waals surface area contributed by atoms with Gasteiger partial charge in [-0.25, -0.2) is 0 Å². The van der Waals surface area contributed by atoms with E-state index >= 15 is 0 Å². The van der Waals surface area contributed by atoms with Gasteiger partial charge in [-0.05, 0) is 50.4 Å². The number of hydrogen-bond acceptors (Lipinski definition) is 2. The Morgan fingerprint density at radius 3 is 1.29 bits per heavy atom. The first-order valence-electron chi connectivity index (χ1n) is 11.0. The van der Waals surface area contributed by atoms with Gasteiger partial charge in [-0.1, -0.05) is 39.3 Å². The summed E-state index contributed by atoms with van der Waals surface area (Å²) in [5.41, 5.74) is 0.